The van der Waals surface area contributed by atoms with E-state index in [9.17, 15) is 9.59 Å². The number of carbonyl (C=O) groups excluding carboxylic acids is 2. The summed E-state index contributed by atoms with van der Waals surface area (Å²) in [6.45, 7) is -0.107. The molecule has 0 fully saturated rings. The maximum absolute atomic E-state index is 11.9. The number of methoxy groups -OCH3 is 1. The Labute approximate surface area is 139 Å². The number of benzene rings is 2. The summed E-state index contributed by atoms with van der Waals surface area (Å²) in [5, 5.41) is 5.89. The van der Waals surface area contributed by atoms with E-state index >= 15 is 0 Å². The number of anilines is 1. The monoisotopic (exact) mass is 332 g/mol. The first-order chi connectivity index (χ1) is 11.1. The predicted molar refractivity (Wildman–Crippen MR) is 89.8 cm³/mol. The molecule has 120 valence electrons. The van der Waals surface area contributed by atoms with Crippen LogP contribution < -0.4 is 15.4 Å². The fraction of sp³-hybridized carbons (Fsp3) is 0.176. The Hall–Kier alpha value is -2.53. The van der Waals surface area contributed by atoms with E-state index in [1.165, 1.54) is 7.11 Å². The van der Waals surface area contributed by atoms with Gasteiger partial charge in [0.25, 0.3) is 0 Å². The highest BCUT2D eigenvalue weighted by molar-refractivity contribution is 6.30. The quantitative estimate of drug-likeness (QED) is 0.854. The molecule has 0 unspecified atom stereocenters. The van der Waals surface area contributed by atoms with Crippen molar-refractivity contribution in [3.05, 3.63) is 59.1 Å². The minimum Gasteiger partial charge on any atom is -0.495 e. The van der Waals surface area contributed by atoms with E-state index < -0.39 is 0 Å². The molecular formula is C17H17ClN2O3. The first-order valence-electron chi connectivity index (χ1n) is 7.02. The molecule has 2 aromatic rings. The largest absolute Gasteiger partial charge is 0.495 e. The molecule has 0 aliphatic heterocycles. The van der Waals surface area contributed by atoms with Gasteiger partial charge in [0.2, 0.25) is 11.8 Å². The Morgan fingerprint density at radius 2 is 1.74 bits per heavy atom. The van der Waals surface area contributed by atoms with Crippen molar-refractivity contribution in [2.24, 2.45) is 0 Å². The summed E-state index contributed by atoms with van der Waals surface area (Å²) < 4.78 is 5.15. The lowest BCUT2D eigenvalue weighted by molar-refractivity contribution is -0.123. The lowest BCUT2D eigenvalue weighted by Gasteiger charge is -2.10. The highest BCUT2D eigenvalue weighted by Crippen LogP contribution is 2.22. The number of nitrogens with one attached hydrogen (secondary N) is 2. The van der Waals surface area contributed by atoms with Crippen LogP contribution in [0, 0.1) is 0 Å². The molecule has 23 heavy (non-hydrogen) atoms. The zero-order chi connectivity index (χ0) is 16.7. The average Bonchev–Trinajstić information content (AvgIpc) is 2.55. The minimum absolute atomic E-state index is 0.107. The van der Waals surface area contributed by atoms with Gasteiger partial charge >= 0.3 is 0 Å². The molecule has 0 atom stereocenters. The topological polar surface area (TPSA) is 67.4 Å². The second-order valence-electron chi connectivity index (χ2n) is 4.83. The smallest absolute Gasteiger partial charge is 0.243 e. The van der Waals surface area contributed by atoms with E-state index in [0.717, 1.165) is 5.56 Å². The van der Waals surface area contributed by atoms with E-state index in [4.69, 9.17) is 16.3 Å². The van der Waals surface area contributed by atoms with E-state index in [1.54, 1.807) is 42.5 Å². The summed E-state index contributed by atoms with van der Waals surface area (Å²) in [7, 11) is 1.53. The van der Waals surface area contributed by atoms with Crippen molar-refractivity contribution in [3.8, 4) is 5.75 Å². The Bertz CT molecular complexity index is 686. The highest BCUT2D eigenvalue weighted by Gasteiger charge is 2.09. The van der Waals surface area contributed by atoms with Crippen LogP contribution in [0.5, 0.6) is 5.75 Å². The molecule has 0 aliphatic rings. The summed E-state index contributed by atoms with van der Waals surface area (Å²) >= 11 is 5.79. The van der Waals surface area contributed by atoms with E-state index in [1.807, 2.05) is 6.07 Å². The molecule has 2 aromatic carbocycles. The number of hydrogen-bond donors (Lipinski definition) is 2. The van der Waals surface area contributed by atoms with E-state index in [0.29, 0.717) is 16.5 Å². The normalized spacial score (nSPS) is 10.0. The molecular weight excluding hydrogens is 316 g/mol. The van der Waals surface area contributed by atoms with Gasteiger partial charge in [-0.15, -0.1) is 0 Å². The lowest BCUT2D eigenvalue weighted by Crippen LogP contribution is -2.33. The molecule has 2 N–H and O–H groups in total. The summed E-state index contributed by atoms with van der Waals surface area (Å²) in [4.78, 5) is 23.7. The summed E-state index contributed by atoms with van der Waals surface area (Å²) in [5.74, 6) is 0.00907. The first kappa shape index (κ1) is 16.8. The Morgan fingerprint density at radius 3 is 2.43 bits per heavy atom. The first-order valence-corrected chi connectivity index (χ1v) is 7.40. The standard InChI is InChI=1S/C17H17ClN2O3/c1-23-15-5-3-2-4-14(15)20-17(22)11-19-16(21)10-12-6-8-13(18)9-7-12/h2-9H,10-11H2,1H3,(H,19,21)(H,20,22). The van der Waals surface area contributed by atoms with Gasteiger partial charge in [0, 0.05) is 5.02 Å². The van der Waals surface area contributed by atoms with Crippen molar-refractivity contribution in [3.63, 3.8) is 0 Å². The van der Waals surface area contributed by atoms with Crippen LogP contribution in [0.3, 0.4) is 0 Å². The highest BCUT2D eigenvalue weighted by atomic mass is 35.5. The third-order valence-electron chi connectivity index (χ3n) is 3.11. The fourth-order valence-electron chi connectivity index (χ4n) is 1.97. The number of halogens is 1. The van der Waals surface area contributed by atoms with Gasteiger partial charge in [0.1, 0.15) is 5.75 Å². The van der Waals surface area contributed by atoms with E-state index in [2.05, 4.69) is 10.6 Å². The number of ether oxygens (including phenoxy) is 1. The van der Waals surface area contributed by atoms with Crippen LogP contribution in [0.15, 0.2) is 48.5 Å². The maximum atomic E-state index is 11.9. The van der Waals surface area contributed by atoms with Crippen LogP contribution in [0.25, 0.3) is 0 Å². The third kappa shape index (κ3) is 5.30. The second-order valence-corrected chi connectivity index (χ2v) is 5.26. The number of rotatable bonds is 6. The number of amides is 2. The van der Waals surface area contributed by atoms with Crippen molar-refractivity contribution in [1.29, 1.82) is 0 Å². The SMILES string of the molecule is COc1ccccc1NC(=O)CNC(=O)Cc1ccc(Cl)cc1. The van der Waals surface area contributed by atoms with Gasteiger partial charge in [0.15, 0.2) is 0 Å². The van der Waals surface area contributed by atoms with Gasteiger partial charge in [-0.3, -0.25) is 9.59 Å². The molecule has 6 heteroatoms. The lowest BCUT2D eigenvalue weighted by atomic mass is 10.1. The van der Waals surface area contributed by atoms with Gasteiger partial charge in [0.05, 0.1) is 25.8 Å². The molecule has 0 spiro atoms. The van der Waals surface area contributed by atoms with Gasteiger partial charge in [-0.2, -0.15) is 0 Å². The van der Waals surface area contributed by atoms with Crippen LogP contribution in [0.2, 0.25) is 5.02 Å². The van der Waals surface area contributed by atoms with Crippen LogP contribution in [-0.2, 0) is 16.0 Å². The Kier molecular flexibility index (Phi) is 6.00. The van der Waals surface area contributed by atoms with Gasteiger partial charge in [-0.1, -0.05) is 35.9 Å². The van der Waals surface area contributed by atoms with E-state index in [-0.39, 0.29) is 24.8 Å². The number of para-hydroxylation sites is 2. The molecule has 0 heterocycles. The molecule has 2 rings (SSSR count). The second kappa shape index (κ2) is 8.19. The molecule has 2 amide bonds. The fourth-order valence-corrected chi connectivity index (χ4v) is 2.10. The van der Waals surface area contributed by atoms with Gasteiger partial charge in [-0.05, 0) is 29.8 Å². The van der Waals surface area contributed by atoms with Crippen molar-refractivity contribution in [2.45, 2.75) is 6.42 Å². The summed E-state index contributed by atoms with van der Waals surface area (Å²) in [5.41, 5.74) is 1.39. The molecule has 5 nitrogen and oxygen atoms in total. The van der Waals surface area contributed by atoms with Crippen molar-refractivity contribution in [1.82, 2.24) is 5.32 Å². The molecule has 0 saturated heterocycles. The molecule has 0 saturated carbocycles. The zero-order valence-electron chi connectivity index (χ0n) is 12.6. The van der Waals surface area contributed by atoms with Crippen molar-refractivity contribution >= 4 is 29.1 Å². The van der Waals surface area contributed by atoms with Crippen molar-refractivity contribution < 1.29 is 14.3 Å². The molecule has 0 aromatic heterocycles. The van der Waals surface area contributed by atoms with Gasteiger partial charge in [-0.25, -0.2) is 0 Å². The zero-order valence-corrected chi connectivity index (χ0v) is 13.4. The number of carbonyl (C=O) groups is 2. The maximum Gasteiger partial charge on any atom is 0.243 e. The van der Waals surface area contributed by atoms with Gasteiger partial charge < -0.3 is 15.4 Å². The van der Waals surface area contributed by atoms with Crippen LogP contribution >= 0.6 is 11.6 Å². The molecule has 0 bridgehead atoms. The Balaban J connectivity index is 1.82. The summed E-state index contributed by atoms with van der Waals surface area (Å²) in [6, 6.07) is 14.1. The average molecular weight is 333 g/mol. The predicted octanol–water partition coefficient (Wildman–Crippen LogP) is 2.65. The third-order valence-corrected chi connectivity index (χ3v) is 3.36. The van der Waals surface area contributed by atoms with Crippen LogP contribution in [0.1, 0.15) is 5.56 Å². The Morgan fingerprint density at radius 1 is 1.04 bits per heavy atom. The summed E-state index contributed by atoms with van der Waals surface area (Å²) in [6.07, 6.45) is 0.194. The minimum atomic E-state index is -0.320. The molecule has 0 radical (unpaired) electrons. The van der Waals surface area contributed by atoms with Crippen LogP contribution in [-0.4, -0.2) is 25.5 Å². The van der Waals surface area contributed by atoms with Crippen LogP contribution in [0.4, 0.5) is 5.69 Å². The molecule has 0 aliphatic carbocycles. The van der Waals surface area contributed by atoms with Crippen molar-refractivity contribution in [2.75, 3.05) is 19.0 Å². The number of hydrogen-bond acceptors (Lipinski definition) is 3.